The Kier molecular flexibility index (Phi) is 5.28. The van der Waals surface area contributed by atoms with Crippen molar-refractivity contribution in [3.63, 3.8) is 0 Å². The third-order valence-corrected chi connectivity index (χ3v) is 4.40. The molecule has 6 heteroatoms. The highest BCUT2D eigenvalue weighted by Gasteiger charge is 2.11. The number of amides is 1. The molecule has 0 fully saturated rings. The molecular formula is C19H18BrN3O2. The zero-order chi connectivity index (χ0) is 17.8. The molecule has 0 radical (unpaired) electrons. The largest absolute Gasteiger partial charge is 0.339 e. The van der Waals surface area contributed by atoms with Gasteiger partial charge in [0.05, 0.1) is 5.69 Å². The first kappa shape index (κ1) is 17.4. The predicted molar refractivity (Wildman–Crippen MR) is 100 cm³/mol. The van der Waals surface area contributed by atoms with Crippen molar-refractivity contribution in [2.24, 2.45) is 0 Å². The van der Waals surface area contributed by atoms with Gasteiger partial charge in [-0.2, -0.15) is 4.98 Å². The lowest BCUT2D eigenvalue weighted by atomic mass is 10.1. The fourth-order valence-corrected chi connectivity index (χ4v) is 2.92. The van der Waals surface area contributed by atoms with Crippen molar-refractivity contribution in [1.82, 2.24) is 10.1 Å². The fraction of sp³-hybridized carbons (Fsp3) is 0.211. The summed E-state index contributed by atoms with van der Waals surface area (Å²) in [7, 11) is 0. The van der Waals surface area contributed by atoms with Gasteiger partial charge in [0.1, 0.15) is 0 Å². The van der Waals surface area contributed by atoms with Gasteiger partial charge in [0, 0.05) is 22.9 Å². The Balaban J connectivity index is 1.58. The Bertz CT molecular complexity index is 888. The second kappa shape index (κ2) is 7.61. The fourth-order valence-electron chi connectivity index (χ4n) is 2.33. The van der Waals surface area contributed by atoms with E-state index in [0.29, 0.717) is 18.1 Å². The number of halogens is 1. The molecule has 25 heavy (non-hydrogen) atoms. The summed E-state index contributed by atoms with van der Waals surface area (Å²) in [5, 5.41) is 6.85. The maximum atomic E-state index is 12.1. The van der Waals surface area contributed by atoms with Crippen molar-refractivity contribution >= 4 is 27.5 Å². The van der Waals surface area contributed by atoms with Crippen LogP contribution in [0.1, 0.15) is 23.4 Å². The topological polar surface area (TPSA) is 68.0 Å². The summed E-state index contributed by atoms with van der Waals surface area (Å²) in [6.45, 7) is 4.02. The van der Waals surface area contributed by atoms with Gasteiger partial charge in [-0.05, 0) is 47.5 Å². The first-order chi connectivity index (χ1) is 12.0. The molecule has 0 aliphatic rings. The number of carbonyl (C=O) groups excluding carboxylic acids is 1. The van der Waals surface area contributed by atoms with Crippen LogP contribution in [0, 0.1) is 13.8 Å². The van der Waals surface area contributed by atoms with Gasteiger partial charge in [-0.1, -0.05) is 41.1 Å². The van der Waals surface area contributed by atoms with Gasteiger partial charge in [-0.25, -0.2) is 0 Å². The number of hydrogen-bond acceptors (Lipinski definition) is 4. The summed E-state index contributed by atoms with van der Waals surface area (Å²) in [6.07, 6.45) is 0.671. The second-order valence-corrected chi connectivity index (χ2v) is 6.76. The van der Waals surface area contributed by atoms with E-state index in [0.717, 1.165) is 21.3 Å². The minimum absolute atomic E-state index is 0.0976. The Morgan fingerprint density at radius 1 is 1.12 bits per heavy atom. The molecule has 1 aromatic heterocycles. The smallest absolute Gasteiger partial charge is 0.227 e. The number of rotatable bonds is 5. The molecule has 0 atom stereocenters. The molecular weight excluding hydrogens is 382 g/mol. The monoisotopic (exact) mass is 399 g/mol. The quantitative estimate of drug-likeness (QED) is 0.675. The minimum atomic E-state index is -0.0976. The third-order valence-electron chi connectivity index (χ3n) is 3.74. The van der Waals surface area contributed by atoms with Crippen molar-refractivity contribution in [3.8, 4) is 11.4 Å². The number of hydrogen-bond donors (Lipinski definition) is 1. The van der Waals surface area contributed by atoms with E-state index in [2.05, 4.69) is 31.4 Å². The first-order valence-electron chi connectivity index (χ1n) is 7.97. The van der Waals surface area contributed by atoms with Crippen molar-refractivity contribution in [2.75, 3.05) is 5.32 Å². The Hall–Kier alpha value is -2.47. The van der Waals surface area contributed by atoms with Crippen LogP contribution in [0.25, 0.3) is 11.4 Å². The Morgan fingerprint density at radius 3 is 2.56 bits per heavy atom. The number of benzene rings is 2. The molecule has 3 rings (SSSR count). The molecule has 1 amide bonds. The van der Waals surface area contributed by atoms with Gasteiger partial charge in [0.25, 0.3) is 0 Å². The molecule has 1 heterocycles. The van der Waals surface area contributed by atoms with Crippen LogP contribution in [0.5, 0.6) is 0 Å². The average molecular weight is 400 g/mol. The SMILES string of the molecule is Cc1ccc(-c2noc(CCC(=O)Nc3ccc(C)cc3Br)n2)cc1. The zero-order valence-electron chi connectivity index (χ0n) is 14.0. The molecule has 0 aliphatic carbocycles. The van der Waals surface area contributed by atoms with E-state index in [9.17, 15) is 4.79 Å². The van der Waals surface area contributed by atoms with E-state index in [1.165, 1.54) is 5.56 Å². The molecule has 3 aromatic rings. The highest BCUT2D eigenvalue weighted by Crippen LogP contribution is 2.23. The third kappa shape index (κ3) is 4.54. The molecule has 0 aliphatic heterocycles. The second-order valence-electron chi connectivity index (χ2n) is 5.91. The van der Waals surface area contributed by atoms with E-state index in [-0.39, 0.29) is 12.3 Å². The summed E-state index contributed by atoms with van der Waals surface area (Å²) in [5.41, 5.74) is 3.95. The molecule has 2 aromatic carbocycles. The van der Waals surface area contributed by atoms with Gasteiger partial charge in [-0.3, -0.25) is 4.79 Å². The van der Waals surface area contributed by atoms with Gasteiger partial charge in [0.15, 0.2) is 0 Å². The van der Waals surface area contributed by atoms with E-state index in [1.54, 1.807) is 0 Å². The lowest BCUT2D eigenvalue weighted by Crippen LogP contribution is -2.12. The van der Waals surface area contributed by atoms with Crippen LogP contribution in [0.15, 0.2) is 51.5 Å². The van der Waals surface area contributed by atoms with E-state index >= 15 is 0 Å². The van der Waals surface area contributed by atoms with Gasteiger partial charge in [-0.15, -0.1) is 0 Å². The summed E-state index contributed by atoms with van der Waals surface area (Å²) in [4.78, 5) is 16.5. The maximum Gasteiger partial charge on any atom is 0.227 e. The van der Waals surface area contributed by atoms with Crippen LogP contribution in [-0.4, -0.2) is 16.0 Å². The molecule has 128 valence electrons. The molecule has 0 saturated heterocycles. The highest BCUT2D eigenvalue weighted by molar-refractivity contribution is 9.10. The molecule has 0 bridgehead atoms. The molecule has 0 saturated carbocycles. The average Bonchev–Trinajstić information content (AvgIpc) is 3.05. The van der Waals surface area contributed by atoms with Crippen LogP contribution >= 0.6 is 15.9 Å². The first-order valence-corrected chi connectivity index (χ1v) is 8.76. The van der Waals surface area contributed by atoms with Crippen LogP contribution in [0.3, 0.4) is 0 Å². The van der Waals surface area contributed by atoms with Crippen molar-refractivity contribution in [3.05, 3.63) is 64.0 Å². The Labute approximate surface area is 154 Å². The molecule has 1 N–H and O–H groups in total. The van der Waals surface area contributed by atoms with Crippen LogP contribution in [-0.2, 0) is 11.2 Å². The molecule has 0 unspecified atom stereocenters. The van der Waals surface area contributed by atoms with E-state index < -0.39 is 0 Å². The number of carbonyl (C=O) groups is 1. The number of nitrogens with zero attached hydrogens (tertiary/aromatic N) is 2. The van der Waals surface area contributed by atoms with Crippen LogP contribution < -0.4 is 5.32 Å². The highest BCUT2D eigenvalue weighted by atomic mass is 79.9. The standard InChI is InChI=1S/C19H18BrN3O2/c1-12-3-6-14(7-4-12)19-22-18(25-23-19)10-9-17(24)21-16-8-5-13(2)11-15(16)20/h3-8,11H,9-10H2,1-2H3,(H,21,24). The van der Waals surface area contributed by atoms with Crippen LogP contribution in [0.4, 0.5) is 5.69 Å². The normalized spacial score (nSPS) is 10.7. The number of nitrogens with one attached hydrogen (secondary N) is 1. The lowest BCUT2D eigenvalue weighted by molar-refractivity contribution is -0.116. The zero-order valence-corrected chi connectivity index (χ0v) is 15.6. The maximum absolute atomic E-state index is 12.1. The van der Waals surface area contributed by atoms with Crippen LogP contribution in [0.2, 0.25) is 0 Å². The van der Waals surface area contributed by atoms with Crippen molar-refractivity contribution in [2.45, 2.75) is 26.7 Å². The minimum Gasteiger partial charge on any atom is -0.339 e. The summed E-state index contributed by atoms with van der Waals surface area (Å²) < 4.78 is 6.10. The van der Waals surface area contributed by atoms with Gasteiger partial charge in [0.2, 0.25) is 17.6 Å². The van der Waals surface area contributed by atoms with E-state index in [1.807, 2.05) is 56.3 Å². The Morgan fingerprint density at radius 2 is 1.84 bits per heavy atom. The molecule has 0 spiro atoms. The van der Waals surface area contributed by atoms with E-state index in [4.69, 9.17) is 4.52 Å². The number of aromatic nitrogens is 2. The van der Waals surface area contributed by atoms with Crippen molar-refractivity contribution in [1.29, 1.82) is 0 Å². The summed E-state index contributed by atoms with van der Waals surface area (Å²) in [5.74, 6) is 0.894. The summed E-state index contributed by atoms with van der Waals surface area (Å²) in [6, 6.07) is 13.7. The number of anilines is 1. The van der Waals surface area contributed by atoms with Crippen molar-refractivity contribution < 1.29 is 9.32 Å². The van der Waals surface area contributed by atoms with Gasteiger partial charge >= 0.3 is 0 Å². The lowest BCUT2D eigenvalue weighted by Gasteiger charge is -2.07. The van der Waals surface area contributed by atoms with Gasteiger partial charge < -0.3 is 9.84 Å². The predicted octanol–water partition coefficient (Wildman–Crippen LogP) is 4.69. The number of aryl methyl sites for hydroxylation is 3. The summed E-state index contributed by atoms with van der Waals surface area (Å²) >= 11 is 3.45. The molecule has 5 nitrogen and oxygen atoms in total.